The predicted octanol–water partition coefficient (Wildman–Crippen LogP) is 2.49. The molecule has 0 unspecified atom stereocenters. The summed E-state index contributed by atoms with van der Waals surface area (Å²) in [4.78, 5) is 20.4. The highest BCUT2D eigenvalue weighted by Crippen LogP contribution is 2.14. The molecule has 0 fully saturated rings. The molecule has 1 heterocycles. The minimum atomic E-state index is -0.253. The minimum Gasteiger partial charge on any atom is -0.385 e. The van der Waals surface area contributed by atoms with Crippen LogP contribution in [0.1, 0.15) is 22.5 Å². The van der Waals surface area contributed by atoms with Crippen LogP contribution in [0.2, 0.25) is 0 Å². The number of nitrogens with zero attached hydrogens (tertiary/aromatic N) is 2. The van der Waals surface area contributed by atoms with Crippen molar-refractivity contribution in [3.05, 3.63) is 47.9 Å². The predicted molar refractivity (Wildman–Crippen MR) is 86.1 cm³/mol. The first-order valence-electron chi connectivity index (χ1n) is 7.12. The third-order valence-corrected chi connectivity index (χ3v) is 3.12. The van der Waals surface area contributed by atoms with E-state index in [4.69, 9.17) is 4.74 Å². The van der Waals surface area contributed by atoms with Crippen LogP contribution in [0.5, 0.6) is 0 Å². The van der Waals surface area contributed by atoms with Crippen molar-refractivity contribution in [2.45, 2.75) is 13.3 Å². The summed E-state index contributed by atoms with van der Waals surface area (Å²) in [6.45, 7) is 3.35. The van der Waals surface area contributed by atoms with Gasteiger partial charge in [0.05, 0.1) is 0 Å². The van der Waals surface area contributed by atoms with E-state index in [1.54, 1.807) is 13.2 Å². The van der Waals surface area contributed by atoms with Gasteiger partial charge in [-0.25, -0.2) is 9.97 Å². The Balaban J connectivity index is 1.99. The number of nitrogens with one attached hydrogen (secondary N) is 2. The van der Waals surface area contributed by atoms with Crippen LogP contribution in [0.4, 0.5) is 11.5 Å². The Hall–Kier alpha value is -2.47. The van der Waals surface area contributed by atoms with Crippen molar-refractivity contribution in [2.75, 3.05) is 30.9 Å². The van der Waals surface area contributed by atoms with Crippen molar-refractivity contribution in [3.8, 4) is 0 Å². The number of methoxy groups -OCH3 is 1. The summed E-state index contributed by atoms with van der Waals surface area (Å²) in [5.74, 6) is 0.373. The maximum absolute atomic E-state index is 12.2. The Bertz CT molecular complexity index is 631. The molecule has 0 spiro atoms. The molecule has 0 aliphatic carbocycles. The number of carbonyl (C=O) groups is 1. The lowest BCUT2D eigenvalue weighted by molar-refractivity contribution is 0.102. The zero-order chi connectivity index (χ0) is 15.8. The number of anilines is 2. The van der Waals surface area contributed by atoms with Gasteiger partial charge in [0.2, 0.25) is 0 Å². The largest absolute Gasteiger partial charge is 0.385 e. The zero-order valence-electron chi connectivity index (χ0n) is 12.8. The van der Waals surface area contributed by atoms with E-state index in [1.165, 1.54) is 6.33 Å². The molecule has 0 radical (unpaired) electrons. The molecule has 0 saturated heterocycles. The topological polar surface area (TPSA) is 76.1 Å². The quantitative estimate of drug-likeness (QED) is 0.768. The van der Waals surface area contributed by atoms with E-state index in [2.05, 4.69) is 20.6 Å². The van der Waals surface area contributed by atoms with Crippen LogP contribution in [0, 0.1) is 6.92 Å². The maximum Gasteiger partial charge on any atom is 0.274 e. The molecule has 1 aromatic carbocycles. The third-order valence-electron chi connectivity index (χ3n) is 3.12. The van der Waals surface area contributed by atoms with Gasteiger partial charge in [-0.05, 0) is 25.0 Å². The molecule has 2 N–H and O–H groups in total. The lowest BCUT2D eigenvalue weighted by atomic mass is 10.2. The average molecular weight is 300 g/mol. The SMILES string of the molecule is COCCCNc1cc(C(=O)Nc2ccccc2C)ncn1. The number of benzene rings is 1. The number of amides is 1. The van der Waals surface area contributed by atoms with E-state index in [0.717, 1.165) is 24.2 Å². The van der Waals surface area contributed by atoms with E-state index in [-0.39, 0.29) is 5.91 Å². The van der Waals surface area contributed by atoms with Crippen LogP contribution in [-0.2, 0) is 4.74 Å². The van der Waals surface area contributed by atoms with E-state index in [0.29, 0.717) is 18.1 Å². The molecule has 0 saturated carbocycles. The Morgan fingerprint density at radius 3 is 2.86 bits per heavy atom. The summed E-state index contributed by atoms with van der Waals surface area (Å²) in [5.41, 5.74) is 2.11. The van der Waals surface area contributed by atoms with Crippen molar-refractivity contribution >= 4 is 17.4 Å². The van der Waals surface area contributed by atoms with E-state index in [9.17, 15) is 4.79 Å². The van der Waals surface area contributed by atoms with E-state index < -0.39 is 0 Å². The molecule has 0 aliphatic heterocycles. The molecule has 1 amide bonds. The molecule has 116 valence electrons. The third kappa shape index (κ3) is 4.53. The van der Waals surface area contributed by atoms with Gasteiger partial charge in [-0.15, -0.1) is 0 Å². The smallest absolute Gasteiger partial charge is 0.274 e. The average Bonchev–Trinajstić information content (AvgIpc) is 2.54. The summed E-state index contributed by atoms with van der Waals surface area (Å²) in [6, 6.07) is 9.25. The number of para-hydroxylation sites is 1. The second kappa shape index (κ2) is 8.09. The molecule has 0 atom stereocenters. The molecular formula is C16H20N4O2. The normalized spacial score (nSPS) is 10.3. The molecule has 0 bridgehead atoms. The van der Waals surface area contributed by atoms with Gasteiger partial charge < -0.3 is 15.4 Å². The molecule has 0 aliphatic rings. The molecule has 22 heavy (non-hydrogen) atoms. The Morgan fingerprint density at radius 2 is 2.09 bits per heavy atom. The van der Waals surface area contributed by atoms with Gasteiger partial charge >= 0.3 is 0 Å². The van der Waals surface area contributed by atoms with Crippen molar-refractivity contribution in [1.29, 1.82) is 0 Å². The fourth-order valence-corrected chi connectivity index (χ4v) is 1.91. The molecule has 2 rings (SSSR count). The summed E-state index contributed by atoms with van der Waals surface area (Å²) >= 11 is 0. The van der Waals surface area contributed by atoms with Crippen LogP contribution in [0.15, 0.2) is 36.7 Å². The molecule has 1 aromatic heterocycles. The number of aryl methyl sites for hydroxylation is 1. The first kappa shape index (κ1) is 15.9. The summed E-state index contributed by atoms with van der Waals surface area (Å²) in [6.07, 6.45) is 2.25. The van der Waals surface area contributed by atoms with E-state index in [1.807, 2.05) is 31.2 Å². The van der Waals surface area contributed by atoms with Crippen molar-refractivity contribution in [1.82, 2.24) is 9.97 Å². The first-order chi connectivity index (χ1) is 10.7. The monoisotopic (exact) mass is 300 g/mol. The number of hydrogen-bond donors (Lipinski definition) is 2. The second-order valence-electron chi connectivity index (χ2n) is 4.83. The first-order valence-corrected chi connectivity index (χ1v) is 7.12. The van der Waals surface area contributed by atoms with Gasteiger partial charge in [-0.3, -0.25) is 4.79 Å². The van der Waals surface area contributed by atoms with Crippen molar-refractivity contribution in [2.24, 2.45) is 0 Å². The van der Waals surface area contributed by atoms with Gasteiger partial charge in [-0.2, -0.15) is 0 Å². The standard InChI is InChI=1S/C16H20N4O2/c1-12-6-3-4-7-13(12)20-16(21)14-10-15(19-11-18-14)17-8-5-9-22-2/h3-4,6-7,10-11H,5,8-9H2,1-2H3,(H,20,21)(H,17,18,19). The lowest BCUT2D eigenvalue weighted by Crippen LogP contribution is -2.15. The van der Waals surface area contributed by atoms with Crippen LogP contribution in [0.3, 0.4) is 0 Å². The molecule has 6 heteroatoms. The fourth-order valence-electron chi connectivity index (χ4n) is 1.91. The van der Waals surface area contributed by atoms with E-state index >= 15 is 0 Å². The maximum atomic E-state index is 12.2. The fraction of sp³-hybridized carbons (Fsp3) is 0.312. The number of ether oxygens (including phenoxy) is 1. The van der Waals surface area contributed by atoms with Crippen LogP contribution in [-0.4, -0.2) is 36.1 Å². The van der Waals surface area contributed by atoms with Gasteiger partial charge in [-0.1, -0.05) is 18.2 Å². The van der Waals surface area contributed by atoms with Gasteiger partial charge in [0, 0.05) is 32.0 Å². The van der Waals surface area contributed by atoms with Crippen LogP contribution in [0.25, 0.3) is 0 Å². The van der Waals surface area contributed by atoms with Gasteiger partial charge in [0.25, 0.3) is 5.91 Å². The highest BCUT2D eigenvalue weighted by molar-refractivity contribution is 6.03. The molecule has 2 aromatic rings. The molecular weight excluding hydrogens is 280 g/mol. The van der Waals surface area contributed by atoms with Gasteiger partial charge in [0.15, 0.2) is 0 Å². The number of aromatic nitrogens is 2. The highest BCUT2D eigenvalue weighted by Gasteiger charge is 2.10. The zero-order valence-corrected chi connectivity index (χ0v) is 12.8. The van der Waals surface area contributed by atoms with Crippen LogP contribution >= 0.6 is 0 Å². The minimum absolute atomic E-state index is 0.253. The number of carbonyl (C=O) groups excluding carboxylic acids is 1. The van der Waals surface area contributed by atoms with Crippen molar-refractivity contribution < 1.29 is 9.53 Å². The van der Waals surface area contributed by atoms with Crippen LogP contribution < -0.4 is 10.6 Å². The number of rotatable bonds is 7. The number of hydrogen-bond acceptors (Lipinski definition) is 5. The summed E-state index contributed by atoms with van der Waals surface area (Å²) < 4.78 is 4.98. The summed E-state index contributed by atoms with van der Waals surface area (Å²) in [7, 11) is 1.67. The Kier molecular flexibility index (Phi) is 5.85. The second-order valence-corrected chi connectivity index (χ2v) is 4.83. The Morgan fingerprint density at radius 1 is 1.27 bits per heavy atom. The van der Waals surface area contributed by atoms with Crippen molar-refractivity contribution in [3.63, 3.8) is 0 Å². The summed E-state index contributed by atoms with van der Waals surface area (Å²) in [5, 5.41) is 5.99. The van der Waals surface area contributed by atoms with Gasteiger partial charge in [0.1, 0.15) is 17.8 Å². The Labute approximate surface area is 129 Å². The lowest BCUT2D eigenvalue weighted by Gasteiger charge is -2.09. The molecule has 6 nitrogen and oxygen atoms in total. The highest BCUT2D eigenvalue weighted by atomic mass is 16.5.